The number of hydrogen-bond acceptors (Lipinski definition) is 6. The van der Waals surface area contributed by atoms with Crippen LogP contribution in [0.1, 0.15) is 20.7 Å². The molecule has 0 unspecified atom stereocenters. The number of carbonyl (C=O) groups is 2. The molecule has 0 atom stereocenters. The lowest BCUT2D eigenvalue weighted by Crippen LogP contribution is -2.50. The number of halogens is 1. The maximum atomic E-state index is 13.0. The predicted octanol–water partition coefficient (Wildman–Crippen LogP) is 4.53. The van der Waals surface area contributed by atoms with Crippen molar-refractivity contribution in [1.82, 2.24) is 24.8 Å². The highest BCUT2D eigenvalue weighted by atomic mass is 35.5. The van der Waals surface area contributed by atoms with Gasteiger partial charge in [0.15, 0.2) is 0 Å². The number of pyridine rings is 1. The van der Waals surface area contributed by atoms with Gasteiger partial charge in [-0.25, -0.2) is 9.97 Å². The van der Waals surface area contributed by atoms with Crippen LogP contribution >= 0.6 is 11.6 Å². The van der Waals surface area contributed by atoms with Gasteiger partial charge in [0, 0.05) is 66.6 Å². The molecule has 1 saturated heterocycles. The summed E-state index contributed by atoms with van der Waals surface area (Å²) in [6, 6.07) is 20.0. The van der Waals surface area contributed by atoms with Crippen LogP contribution in [0.15, 0.2) is 85.3 Å². The molecule has 0 bridgehead atoms. The third kappa shape index (κ3) is 5.34. The summed E-state index contributed by atoms with van der Waals surface area (Å²) in [6.45, 7) is 1.94. The fourth-order valence-electron chi connectivity index (χ4n) is 3.99. The van der Waals surface area contributed by atoms with Gasteiger partial charge in [-0.1, -0.05) is 23.7 Å². The second-order valence-corrected chi connectivity index (χ2v) is 8.74. The normalized spacial score (nSPS) is 13.4. The van der Waals surface area contributed by atoms with Crippen LogP contribution in [0, 0.1) is 0 Å². The van der Waals surface area contributed by atoms with Crippen LogP contribution in [0.25, 0.3) is 11.3 Å². The average molecular weight is 499 g/mol. The van der Waals surface area contributed by atoms with E-state index in [1.165, 1.54) is 0 Å². The highest BCUT2D eigenvalue weighted by molar-refractivity contribution is 6.30. The van der Waals surface area contributed by atoms with E-state index >= 15 is 0 Å². The van der Waals surface area contributed by atoms with Gasteiger partial charge in [-0.3, -0.25) is 14.6 Å². The van der Waals surface area contributed by atoms with E-state index in [4.69, 9.17) is 11.6 Å². The van der Waals surface area contributed by atoms with Crippen LogP contribution in [0.2, 0.25) is 5.02 Å². The molecule has 1 aliphatic heterocycles. The molecule has 0 aliphatic carbocycles. The van der Waals surface area contributed by atoms with Crippen LogP contribution in [-0.4, -0.2) is 62.7 Å². The highest BCUT2D eigenvalue weighted by Crippen LogP contribution is 2.22. The maximum absolute atomic E-state index is 13.0. The largest absolute Gasteiger partial charge is 0.335 e. The number of aromatic nitrogens is 3. The van der Waals surface area contributed by atoms with Gasteiger partial charge in [0.05, 0.1) is 11.3 Å². The van der Waals surface area contributed by atoms with Crippen LogP contribution < -0.4 is 5.32 Å². The van der Waals surface area contributed by atoms with Crippen molar-refractivity contribution in [3.8, 4) is 11.3 Å². The first-order valence-electron chi connectivity index (χ1n) is 11.5. The summed E-state index contributed by atoms with van der Waals surface area (Å²) in [5.41, 5.74) is 3.63. The topological polar surface area (TPSA) is 91.3 Å². The fraction of sp³-hybridized carbons (Fsp3) is 0.148. The minimum Gasteiger partial charge on any atom is -0.335 e. The smallest absolute Gasteiger partial charge is 0.255 e. The Balaban J connectivity index is 1.19. The number of nitrogens with one attached hydrogen (secondary N) is 1. The summed E-state index contributed by atoms with van der Waals surface area (Å²) in [5.74, 6) is 0.333. The zero-order valence-corrected chi connectivity index (χ0v) is 20.1. The van der Waals surface area contributed by atoms with Gasteiger partial charge >= 0.3 is 0 Å². The molecule has 8 nitrogen and oxygen atoms in total. The molecular weight excluding hydrogens is 476 g/mol. The molecule has 5 rings (SSSR count). The number of piperazine rings is 1. The van der Waals surface area contributed by atoms with E-state index in [0.29, 0.717) is 48.3 Å². The standard InChI is InChI=1S/C27H23ClN6O2/c28-22-7-3-19(4-8-22)24-11-13-30-27(32-24)31-23-9-5-20(6-10-23)25(35)33-14-16-34(17-15-33)26(36)21-2-1-12-29-18-21/h1-13,18H,14-17H2,(H,30,31,32). The first kappa shape index (κ1) is 23.4. The Labute approximate surface area is 213 Å². The Bertz CT molecular complexity index is 1360. The molecule has 2 aromatic carbocycles. The molecular formula is C27H23ClN6O2. The zero-order chi connectivity index (χ0) is 24.9. The summed E-state index contributed by atoms with van der Waals surface area (Å²) in [7, 11) is 0. The monoisotopic (exact) mass is 498 g/mol. The lowest BCUT2D eigenvalue weighted by atomic mass is 10.1. The van der Waals surface area contributed by atoms with Gasteiger partial charge in [-0.15, -0.1) is 0 Å². The molecule has 0 spiro atoms. The number of amides is 2. The molecule has 4 aromatic rings. The van der Waals surface area contributed by atoms with E-state index in [9.17, 15) is 9.59 Å². The Kier molecular flexibility index (Phi) is 6.86. The van der Waals surface area contributed by atoms with Crippen LogP contribution in [0.3, 0.4) is 0 Å². The van der Waals surface area contributed by atoms with Gasteiger partial charge in [0.25, 0.3) is 11.8 Å². The minimum absolute atomic E-state index is 0.0592. The quantitative estimate of drug-likeness (QED) is 0.434. The van der Waals surface area contributed by atoms with E-state index in [-0.39, 0.29) is 11.8 Å². The van der Waals surface area contributed by atoms with Crippen molar-refractivity contribution in [3.05, 3.63) is 101 Å². The molecule has 36 heavy (non-hydrogen) atoms. The Morgan fingerprint density at radius 2 is 1.44 bits per heavy atom. The number of carbonyl (C=O) groups excluding carboxylic acids is 2. The first-order valence-corrected chi connectivity index (χ1v) is 11.9. The Hall–Kier alpha value is -4.30. The average Bonchev–Trinajstić information content (AvgIpc) is 2.94. The van der Waals surface area contributed by atoms with Gasteiger partial charge in [0.2, 0.25) is 5.95 Å². The van der Waals surface area contributed by atoms with E-state index in [0.717, 1.165) is 16.9 Å². The predicted molar refractivity (Wildman–Crippen MR) is 138 cm³/mol. The molecule has 0 radical (unpaired) electrons. The summed E-state index contributed by atoms with van der Waals surface area (Å²) < 4.78 is 0. The van der Waals surface area contributed by atoms with E-state index in [2.05, 4.69) is 20.3 Å². The lowest BCUT2D eigenvalue weighted by Gasteiger charge is -2.34. The van der Waals surface area contributed by atoms with E-state index in [1.54, 1.807) is 52.7 Å². The number of nitrogens with zero attached hydrogens (tertiary/aromatic N) is 5. The fourth-order valence-corrected chi connectivity index (χ4v) is 4.12. The van der Waals surface area contributed by atoms with Gasteiger partial charge in [-0.2, -0.15) is 0 Å². The van der Waals surface area contributed by atoms with Crippen molar-refractivity contribution in [2.24, 2.45) is 0 Å². The number of benzene rings is 2. The summed E-state index contributed by atoms with van der Waals surface area (Å²) >= 11 is 5.97. The molecule has 1 N–H and O–H groups in total. The van der Waals surface area contributed by atoms with Gasteiger partial charge in [0.1, 0.15) is 0 Å². The van der Waals surface area contributed by atoms with Crippen molar-refractivity contribution in [1.29, 1.82) is 0 Å². The number of rotatable bonds is 5. The van der Waals surface area contributed by atoms with Crippen LogP contribution in [0.5, 0.6) is 0 Å². The minimum atomic E-state index is -0.0621. The third-order valence-corrected chi connectivity index (χ3v) is 6.20. The molecule has 9 heteroatoms. The van der Waals surface area contributed by atoms with E-state index < -0.39 is 0 Å². The highest BCUT2D eigenvalue weighted by Gasteiger charge is 2.25. The number of hydrogen-bond donors (Lipinski definition) is 1. The molecule has 180 valence electrons. The summed E-state index contributed by atoms with van der Waals surface area (Å²) in [5, 5.41) is 3.85. The lowest BCUT2D eigenvalue weighted by molar-refractivity contribution is 0.0535. The zero-order valence-electron chi connectivity index (χ0n) is 19.3. The van der Waals surface area contributed by atoms with Gasteiger partial charge < -0.3 is 15.1 Å². The second-order valence-electron chi connectivity index (χ2n) is 8.30. The van der Waals surface area contributed by atoms with Crippen molar-refractivity contribution in [3.63, 3.8) is 0 Å². The number of anilines is 2. The van der Waals surface area contributed by atoms with Crippen molar-refractivity contribution in [2.45, 2.75) is 0 Å². The molecule has 1 aliphatic rings. The molecule has 2 aromatic heterocycles. The molecule has 3 heterocycles. The SMILES string of the molecule is O=C(c1ccc(Nc2nccc(-c3ccc(Cl)cc3)n2)cc1)N1CCN(C(=O)c2cccnc2)CC1. The van der Waals surface area contributed by atoms with Crippen molar-refractivity contribution < 1.29 is 9.59 Å². The van der Waals surface area contributed by atoms with E-state index in [1.807, 2.05) is 42.5 Å². The van der Waals surface area contributed by atoms with Crippen LogP contribution in [0.4, 0.5) is 11.6 Å². The second kappa shape index (κ2) is 10.5. The van der Waals surface area contributed by atoms with Crippen LogP contribution in [-0.2, 0) is 0 Å². The summed E-state index contributed by atoms with van der Waals surface area (Å²) in [6.07, 6.45) is 4.89. The maximum Gasteiger partial charge on any atom is 0.255 e. The summed E-state index contributed by atoms with van der Waals surface area (Å²) in [4.78, 5) is 42.0. The van der Waals surface area contributed by atoms with Crippen molar-refractivity contribution >= 4 is 35.1 Å². The van der Waals surface area contributed by atoms with Gasteiger partial charge in [-0.05, 0) is 54.6 Å². The van der Waals surface area contributed by atoms with Crippen molar-refractivity contribution in [2.75, 3.05) is 31.5 Å². The molecule has 2 amide bonds. The Morgan fingerprint density at radius 1 is 0.778 bits per heavy atom. The first-order chi connectivity index (χ1) is 17.6. The third-order valence-electron chi connectivity index (χ3n) is 5.95. The molecule has 1 fully saturated rings. The Morgan fingerprint density at radius 3 is 2.08 bits per heavy atom. The molecule has 0 saturated carbocycles.